The van der Waals surface area contributed by atoms with E-state index in [1.165, 1.54) is 0 Å². The van der Waals surface area contributed by atoms with Crippen LogP contribution in [0.25, 0.3) is 0 Å². The van der Waals surface area contributed by atoms with Gasteiger partial charge in [-0.05, 0) is 24.1 Å². The van der Waals surface area contributed by atoms with Gasteiger partial charge < -0.3 is 14.7 Å². The van der Waals surface area contributed by atoms with E-state index in [1.807, 2.05) is 18.2 Å². The number of ether oxygens (including phenoxy) is 1. The molecule has 1 aliphatic heterocycles. The van der Waals surface area contributed by atoms with Gasteiger partial charge in [0.25, 0.3) is 5.91 Å². The van der Waals surface area contributed by atoms with Gasteiger partial charge >= 0.3 is 0 Å². The van der Waals surface area contributed by atoms with E-state index in [4.69, 9.17) is 4.74 Å². The Hall–Kier alpha value is -1.39. The van der Waals surface area contributed by atoms with E-state index in [2.05, 4.69) is 0 Å². The molecule has 1 aromatic rings. The second kappa shape index (κ2) is 5.29. The molecule has 2 rings (SSSR count). The molecule has 4 nitrogen and oxygen atoms in total. The first-order valence-electron chi connectivity index (χ1n) is 5.76. The number of methoxy groups -OCH3 is 1. The van der Waals surface area contributed by atoms with Crippen molar-refractivity contribution in [1.29, 1.82) is 0 Å². The van der Waals surface area contributed by atoms with E-state index in [0.717, 1.165) is 5.56 Å². The number of nitrogens with zero attached hydrogens (tertiary/aromatic N) is 1. The number of hydrogen-bond acceptors (Lipinski definition) is 3. The first-order valence-corrected chi connectivity index (χ1v) is 5.76. The molecule has 1 N–H and O–H groups in total. The molecule has 0 aromatic heterocycles. The molecule has 0 aliphatic carbocycles. The van der Waals surface area contributed by atoms with Crippen molar-refractivity contribution in [3.8, 4) is 0 Å². The van der Waals surface area contributed by atoms with Crippen LogP contribution in [0.3, 0.4) is 0 Å². The SMILES string of the molecule is COCc1cccc(C(=O)N2CC[C@H](O)C2)c1. The van der Waals surface area contributed by atoms with Crippen LogP contribution in [0.4, 0.5) is 0 Å². The minimum Gasteiger partial charge on any atom is -0.391 e. The zero-order valence-corrected chi connectivity index (χ0v) is 9.93. The number of aliphatic hydroxyl groups is 1. The summed E-state index contributed by atoms with van der Waals surface area (Å²) in [6.45, 7) is 1.57. The lowest BCUT2D eigenvalue weighted by atomic mass is 10.1. The predicted octanol–water partition coefficient (Wildman–Crippen LogP) is 1.04. The van der Waals surface area contributed by atoms with Crippen LogP contribution in [0.5, 0.6) is 0 Å². The highest BCUT2D eigenvalue weighted by molar-refractivity contribution is 5.94. The average Bonchev–Trinajstić information content (AvgIpc) is 2.76. The minimum atomic E-state index is -0.374. The summed E-state index contributed by atoms with van der Waals surface area (Å²) in [5, 5.41) is 9.42. The van der Waals surface area contributed by atoms with Crippen LogP contribution in [0.2, 0.25) is 0 Å². The minimum absolute atomic E-state index is 0.0143. The summed E-state index contributed by atoms with van der Waals surface area (Å²) in [6, 6.07) is 7.43. The molecule has 0 radical (unpaired) electrons. The van der Waals surface area contributed by atoms with Gasteiger partial charge in [-0.3, -0.25) is 4.79 Å². The van der Waals surface area contributed by atoms with Crippen molar-refractivity contribution >= 4 is 5.91 Å². The van der Waals surface area contributed by atoms with Crippen molar-refractivity contribution in [2.45, 2.75) is 19.1 Å². The number of amides is 1. The number of benzene rings is 1. The van der Waals surface area contributed by atoms with Crippen LogP contribution in [0.15, 0.2) is 24.3 Å². The lowest BCUT2D eigenvalue weighted by Crippen LogP contribution is -2.29. The molecule has 0 saturated carbocycles. The highest BCUT2D eigenvalue weighted by atomic mass is 16.5. The zero-order valence-electron chi connectivity index (χ0n) is 9.93. The number of β-amino-alcohol motifs (C(OH)–C–C–N with tert-alkyl or cyclic N) is 1. The quantitative estimate of drug-likeness (QED) is 0.851. The normalized spacial score (nSPS) is 19.6. The van der Waals surface area contributed by atoms with E-state index in [-0.39, 0.29) is 12.0 Å². The summed E-state index contributed by atoms with van der Waals surface area (Å²) >= 11 is 0. The third-order valence-corrected chi connectivity index (χ3v) is 2.94. The molecule has 1 atom stereocenters. The third-order valence-electron chi connectivity index (χ3n) is 2.94. The molecule has 1 heterocycles. The smallest absolute Gasteiger partial charge is 0.253 e. The van der Waals surface area contributed by atoms with Crippen molar-refractivity contribution in [3.63, 3.8) is 0 Å². The summed E-state index contributed by atoms with van der Waals surface area (Å²) < 4.78 is 5.04. The van der Waals surface area contributed by atoms with Gasteiger partial charge in [0.15, 0.2) is 0 Å². The number of hydrogen-bond donors (Lipinski definition) is 1. The highest BCUT2D eigenvalue weighted by Crippen LogP contribution is 2.14. The highest BCUT2D eigenvalue weighted by Gasteiger charge is 2.25. The van der Waals surface area contributed by atoms with Crippen molar-refractivity contribution in [1.82, 2.24) is 4.90 Å². The predicted molar refractivity (Wildman–Crippen MR) is 63.7 cm³/mol. The Morgan fingerprint density at radius 2 is 2.41 bits per heavy atom. The topological polar surface area (TPSA) is 49.8 Å². The first-order chi connectivity index (χ1) is 8.20. The lowest BCUT2D eigenvalue weighted by Gasteiger charge is -2.15. The second-order valence-electron chi connectivity index (χ2n) is 4.33. The van der Waals surface area contributed by atoms with Gasteiger partial charge in [-0.1, -0.05) is 12.1 Å². The summed E-state index contributed by atoms with van der Waals surface area (Å²) in [5.74, 6) is -0.0143. The molecule has 1 aromatic carbocycles. The average molecular weight is 235 g/mol. The van der Waals surface area contributed by atoms with Gasteiger partial charge in [-0.25, -0.2) is 0 Å². The third kappa shape index (κ3) is 2.84. The Morgan fingerprint density at radius 3 is 3.06 bits per heavy atom. The molecule has 1 saturated heterocycles. The number of rotatable bonds is 3. The van der Waals surface area contributed by atoms with Crippen LogP contribution in [-0.2, 0) is 11.3 Å². The van der Waals surface area contributed by atoms with E-state index in [9.17, 15) is 9.90 Å². The Kier molecular flexibility index (Phi) is 3.76. The standard InChI is InChI=1S/C13H17NO3/c1-17-9-10-3-2-4-11(7-10)13(16)14-6-5-12(15)8-14/h2-4,7,12,15H,5-6,8-9H2,1H3/t12-/m0/s1. The van der Waals surface area contributed by atoms with Gasteiger partial charge in [-0.2, -0.15) is 0 Å². The summed E-state index contributed by atoms with van der Waals surface area (Å²) in [5.41, 5.74) is 1.65. The molecule has 4 heteroatoms. The van der Waals surface area contributed by atoms with Crippen molar-refractivity contribution in [2.24, 2.45) is 0 Å². The maximum atomic E-state index is 12.1. The molecule has 1 amide bonds. The number of aliphatic hydroxyl groups excluding tert-OH is 1. The van der Waals surface area contributed by atoms with Crippen LogP contribution in [0.1, 0.15) is 22.3 Å². The fraction of sp³-hybridized carbons (Fsp3) is 0.462. The Morgan fingerprint density at radius 1 is 1.59 bits per heavy atom. The van der Waals surface area contributed by atoms with Crippen LogP contribution in [0, 0.1) is 0 Å². The van der Waals surface area contributed by atoms with Crippen molar-refractivity contribution in [3.05, 3.63) is 35.4 Å². The molecule has 1 aliphatic rings. The molecule has 17 heavy (non-hydrogen) atoms. The van der Waals surface area contributed by atoms with E-state index in [0.29, 0.717) is 31.7 Å². The first kappa shape index (κ1) is 12.1. The zero-order chi connectivity index (χ0) is 12.3. The van der Waals surface area contributed by atoms with Crippen molar-refractivity contribution < 1.29 is 14.6 Å². The van der Waals surface area contributed by atoms with Gasteiger partial charge in [0.05, 0.1) is 12.7 Å². The molecule has 0 spiro atoms. The Labute approximate surface area is 101 Å². The summed E-state index contributed by atoms with van der Waals surface area (Å²) in [7, 11) is 1.63. The van der Waals surface area contributed by atoms with Gasteiger partial charge in [0, 0.05) is 25.8 Å². The van der Waals surface area contributed by atoms with Crippen LogP contribution >= 0.6 is 0 Å². The molecule has 1 fully saturated rings. The molecule has 92 valence electrons. The van der Waals surface area contributed by atoms with Crippen LogP contribution in [-0.4, -0.2) is 42.2 Å². The Balaban J connectivity index is 2.10. The maximum absolute atomic E-state index is 12.1. The van der Waals surface area contributed by atoms with Gasteiger partial charge in [0.2, 0.25) is 0 Å². The number of likely N-dealkylation sites (tertiary alicyclic amines) is 1. The fourth-order valence-electron chi connectivity index (χ4n) is 2.07. The monoisotopic (exact) mass is 235 g/mol. The van der Waals surface area contributed by atoms with E-state index in [1.54, 1.807) is 18.1 Å². The number of carbonyl (C=O) groups excluding carboxylic acids is 1. The Bertz CT molecular complexity index is 405. The van der Waals surface area contributed by atoms with E-state index < -0.39 is 0 Å². The molecular weight excluding hydrogens is 218 g/mol. The van der Waals surface area contributed by atoms with Crippen LogP contribution < -0.4 is 0 Å². The second-order valence-corrected chi connectivity index (χ2v) is 4.33. The van der Waals surface area contributed by atoms with E-state index >= 15 is 0 Å². The summed E-state index contributed by atoms with van der Waals surface area (Å²) in [4.78, 5) is 13.8. The van der Waals surface area contributed by atoms with Gasteiger partial charge in [0.1, 0.15) is 0 Å². The summed E-state index contributed by atoms with van der Waals surface area (Å²) in [6.07, 6.45) is 0.296. The molecule has 0 unspecified atom stereocenters. The number of carbonyl (C=O) groups is 1. The largest absolute Gasteiger partial charge is 0.391 e. The van der Waals surface area contributed by atoms with Gasteiger partial charge in [-0.15, -0.1) is 0 Å². The fourth-order valence-corrected chi connectivity index (χ4v) is 2.07. The maximum Gasteiger partial charge on any atom is 0.253 e. The lowest BCUT2D eigenvalue weighted by molar-refractivity contribution is 0.0764. The molecule has 0 bridgehead atoms. The van der Waals surface area contributed by atoms with Crippen molar-refractivity contribution in [2.75, 3.05) is 20.2 Å². The molecular formula is C13H17NO3.